The maximum Gasteiger partial charge on any atom is 0.361 e. The van der Waals surface area contributed by atoms with Crippen LogP contribution in [0.1, 0.15) is 0 Å². The molecule has 5 heteroatoms. The van der Waals surface area contributed by atoms with Crippen LogP contribution >= 0.6 is 23.2 Å². The van der Waals surface area contributed by atoms with E-state index in [0.717, 1.165) is 10.9 Å². The lowest BCUT2D eigenvalue weighted by molar-refractivity contribution is 0.344. The van der Waals surface area contributed by atoms with E-state index >= 15 is 0 Å². The molecular formula is C14H14BCl2NO. The molecule has 0 saturated heterocycles. The molecule has 0 bridgehead atoms. The first kappa shape index (κ1) is 14.4. The van der Waals surface area contributed by atoms with E-state index in [4.69, 9.17) is 33.6 Å². The highest BCUT2D eigenvalue weighted by molar-refractivity contribution is 6.80. The van der Waals surface area contributed by atoms with E-state index in [1.165, 1.54) is 0 Å². The van der Waals surface area contributed by atoms with Gasteiger partial charge in [0.1, 0.15) is 0 Å². The molecule has 0 spiro atoms. The third-order valence-electron chi connectivity index (χ3n) is 2.71. The van der Waals surface area contributed by atoms with E-state index in [-0.39, 0.29) is 6.92 Å². The van der Waals surface area contributed by atoms with Gasteiger partial charge in [0.2, 0.25) is 0 Å². The van der Waals surface area contributed by atoms with Gasteiger partial charge < -0.3 is 10.4 Å². The SMILES string of the molecule is NCCOB(c1cccc(Cl)c1)c1cccc(Cl)c1. The molecule has 98 valence electrons. The van der Waals surface area contributed by atoms with E-state index in [2.05, 4.69) is 0 Å². The summed E-state index contributed by atoms with van der Waals surface area (Å²) < 4.78 is 5.83. The molecule has 0 heterocycles. The summed E-state index contributed by atoms with van der Waals surface area (Å²) in [7, 11) is 0. The molecule has 2 rings (SSSR count). The summed E-state index contributed by atoms with van der Waals surface area (Å²) in [5.74, 6) is 0. The van der Waals surface area contributed by atoms with Crippen LogP contribution < -0.4 is 16.7 Å². The lowest BCUT2D eigenvalue weighted by Gasteiger charge is -2.15. The van der Waals surface area contributed by atoms with Crippen LogP contribution in [0.5, 0.6) is 0 Å². The predicted molar refractivity (Wildman–Crippen MR) is 82.9 cm³/mol. The summed E-state index contributed by atoms with van der Waals surface area (Å²) in [6, 6.07) is 15.2. The molecule has 0 fully saturated rings. The van der Waals surface area contributed by atoms with Gasteiger partial charge in [-0.15, -0.1) is 0 Å². The molecule has 0 amide bonds. The number of rotatable bonds is 5. The van der Waals surface area contributed by atoms with Gasteiger partial charge in [-0.05, 0) is 35.2 Å². The molecule has 0 aliphatic carbocycles. The Morgan fingerprint density at radius 1 is 0.947 bits per heavy atom. The molecule has 0 saturated carbocycles. The molecule has 0 atom stereocenters. The molecule has 2 nitrogen and oxygen atoms in total. The average Bonchev–Trinajstić information content (AvgIpc) is 2.39. The van der Waals surface area contributed by atoms with Crippen molar-refractivity contribution in [3.05, 3.63) is 58.6 Å². The smallest absolute Gasteiger partial charge is 0.361 e. The highest BCUT2D eigenvalue weighted by Crippen LogP contribution is 2.08. The summed E-state index contributed by atoms with van der Waals surface area (Å²) in [5.41, 5.74) is 7.49. The van der Waals surface area contributed by atoms with Crippen LogP contribution in [0.15, 0.2) is 48.5 Å². The summed E-state index contributed by atoms with van der Waals surface area (Å²) in [6.45, 7) is 0.738. The molecule has 0 radical (unpaired) electrons. The Bertz CT molecular complexity index is 505. The first-order valence-electron chi connectivity index (χ1n) is 6.03. The predicted octanol–water partition coefficient (Wildman–Crippen LogP) is 2.07. The first-order valence-corrected chi connectivity index (χ1v) is 6.79. The van der Waals surface area contributed by atoms with Gasteiger partial charge in [0, 0.05) is 23.2 Å². The normalized spacial score (nSPS) is 10.5. The Kier molecular flexibility index (Phi) is 5.29. The fourth-order valence-electron chi connectivity index (χ4n) is 1.91. The lowest BCUT2D eigenvalue weighted by atomic mass is 9.55. The summed E-state index contributed by atoms with van der Waals surface area (Å²) in [5, 5.41) is 1.36. The van der Waals surface area contributed by atoms with Crippen molar-refractivity contribution < 1.29 is 4.65 Å². The summed E-state index contributed by atoms with van der Waals surface area (Å²) >= 11 is 12.1. The average molecular weight is 294 g/mol. The van der Waals surface area contributed by atoms with Gasteiger partial charge >= 0.3 is 6.92 Å². The van der Waals surface area contributed by atoms with E-state index in [9.17, 15) is 0 Å². The van der Waals surface area contributed by atoms with Crippen molar-refractivity contribution in [1.29, 1.82) is 0 Å². The van der Waals surface area contributed by atoms with Crippen LogP contribution in [0.25, 0.3) is 0 Å². The van der Waals surface area contributed by atoms with Crippen LogP contribution in [-0.4, -0.2) is 20.1 Å². The van der Waals surface area contributed by atoms with Crippen LogP contribution in [0, 0.1) is 0 Å². The van der Waals surface area contributed by atoms with Crippen molar-refractivity contribution in [1.82, 2.24) is 0 Å². The standard InChI is InChI=1S/C14H14BCl2NO/c16-13-5-1-3-11(9-13)15(19-8-7-18)12-4-2-6-14(17)10-12/h1-6,9-10H,7-8,18H2. The highest BCUT2D eigenvalue weighted by Gasteiger charge is 2.21. The van der Waals surface area contributed by atoms with Crippen molar-refractivity contribution in [2.75, 3.05) is 13.2 Å². The van der Waals surface area contributed by atoms with Gasteiger partial charge in [-0.1, -0.05) is 47.5 Å². The lowest BCUT2D eigenvalue weighted by Crippen LogP contribution is -2.45. The Labute approximate surface area is 123 Å². The monoisotopic (exact) mass is 293 g/mol. The number of nitrogens with two attached hydrogens (primary N) is 1. The maximum absolute atomic E-state index is 6.04. The first-order chi connectivity index (χ1) is 9.20. The van der Waals surface area contributed by atoms with E-state index in [1.807, 2.05) is 48.5 Å². The van der Waals surface area contributed by atoms with Crippen LogP contribution in [0.4, 0.5) is 0 Å². The molecule has 2 aromatic rings. The minimum atomic E-state index is -0.207. The molecule has 0 aliphatic rings. The minimum absolute atomic E-state index is 0.207. The Morgan fingerprint density at radius 2 is 1.47 bits per heavy atom. The minimum Gasteiger partial charge on any atom is -0.426 e. The van der Waals surface area contributed by atoms with E-state index in [0.29, 0.717) is 23.2 Å². The molecule has 2 N–H and O–H groups in total. The highest BCUT2D eigenvalue weighted by atomic mass is 35.5. The largest absolute Gasteiger partial charge is 0.426 e. The number of hydrogen-bond acceptors (Lipinski definition) is 2. The molecule has 0 aromatic heterocycles. The second-order valence-corrected chi connectivity index (χ2v) is 5.02. The van der Waals surface area contributed by atoms with Crippen molar-refractivity contribution in [2.45, 2.75) is 0 Å². The van der Waals surface area contributed by atoms with Gasteiger partial charge in [-0.25, -0.2) is 0 Å². The Balaban J connectivity index is 2.35. The van der Waals surface area contributed by atoms with Crippen molar-refractivity contribution >= 4 is 41.0 Å². The van der Waals surface area contributed by atoms with Crippen molar-refractivity contribution in [3.63, 3.8) is 0 Å². The van der Waals surface area contributed by atoms with Gasteiger partial charge in [0.25, 0.3) is 0 Å². The maximum atomic E-state index is 6.04. The fraction of sp³-hybridized carbons (Fsp3) is 0.143. The van der Waals surface area contributed by atoms with Gasteiger partial charge in [0.15, 0.2) is 0 Å². The third kappa shape index (κ3) is 3.98. The van der Waals surface area contributed by atoms with E-state index in [1.54, 1.807) is 0 Å². The zero-order chi connectivity index (χ0) is 13.7. The number of hydrogen-bond donors (Lipinski definition) is 1. The van der Waals surface area contributed by atoms with Crippen LogP contribution in [0.2, 0.25) is 10.0 Å². The Morgan fingerprint density at radius 3 is 1.89 bits per heavy atom. The molecule has 19 heavy (non-hydrogen) atoms. The zero-order valence-electron chi connectivity index (χ0n) is 10.4. The Hall–Kier alpha value is -0.995. The molecule has 0 aliphatic heterocycles. The third-order valence-corrected chi connectivity index (χ3v) is 3.18. The molecule has 2 aromatic carbocycles. The fourth-order valence-corrected chi connectivity index (χ4v) is 2.31. The summed E-state index contributed by atoms with van der Waals surface area (Å²) in [4.78, 5) is 0. The van der Waals surface area contributed by atoms with Crippen LogP contribution in [-0.2, 0) is 4.65 Å². The zero-order valence-corrected chi connectivity index (χ0v) is 11.9. The molecular weight excluding hydrogens is 280 g/mol. The van der Waals surface area contributed by atoms with Crippen LogP contribution in [0.3, 0.4) is 0 Å². The second kappa shape index (κ2) is 6.97. The number of halogens is 2. The van der Waals surface area contributed by atoms with Gasteiger partial charge in [-0.3, -0.25) is 0 Å². The topological polar surface area (TPSA) is 35.2 Å². The molecule has 0 unspecified atom stereocenters. The van der Waals surface area contributed by atoms with Crippen molar-refractivity contribution in [2.24, 2.45) is 5.73 Å². The second-order valence-electron chi connectivity index (χ2n) is 4.15. The van der Waals surface area contributed by atoms with Crippen molar-refractivity contribution in [3.8, 4) is 0 Å². The summed E-state index contributed by atoms with van der Waals surface area (Å²) in [6.07, 6.45) is 0. The number of benzene rings is 2. The quantitative estimate of drug-likeness (QED) is 0.857. The van der Waals surface area contributed by atoms with Gasteiger partial charge in [-0.2, -0.15) is 0 Å². The van der Waals surface area contributed by atoms with E-state index < -0.39 is 0 Å². The van der Waals surface area contributed by atoms with Gasteiger partial charge in [0.05, 0.1) is 0 Å².